The van der Waals surface area contributed by atoms with Gasteiger partial charge in [0.1, 0.15) is 24.2 Å². The lowest BCUT2D eigenvalue weighted by Crippen LogP contribution is -2.41. The fraction of sp³-hybridized carbons (Fsp3) is 0.727. The van der Waals surface area contributed by atoms with E-state index in [0.29, 0.717) is 12.6 Å². The van der Waals surface area contributed by atoms with Crippen LogP contribution in [0.25, 0.3) is 0 Å². The number of hydrogen-bond acceptors (Lipinski definition) is 4. The summed E-state index contributed by atoms with van der Waals surface area (Å²) in [4.78, 5) is 0. The predicted octanol–water partition coefficient (Wildman–Crippen LogP) is 4.17. The van der Waals surface area contributed by atoms with Crippen LogP contribution in [0, 0.1) is 0 Å². The average molecular weight is 364 g/mol. The van der Waals surface area contributed by atoms with Gasteiger partial charge in [-0.25, -0.2) is 0 Å². The maximum Gasteiger partial charge on any atom is 0.127 e. The quantitative estimate of drug-likeness (QED) is 0.763. The summed E-state index contributed by atoms with van der Waals surface area (Å²) in [6.07, 6.45) is 3.21. The second kappa shape index (κ2) is 8.18. The van der Waals surface area contributed by atoms with Crippen molar-refractivity contribution >= 4 is 0 Å². The minimum atomic E-state index is -0.515. The molecule has 1 unspecified atom stereocenters. The van der Waals surface area contributed by atoms with Crippen LogP contribution in [-0.4, -0.2) is 37.5 Å². The molecule has 1 atom stereocenters. The van der Waals surface area contributed by atoms with Crippen LogP contribution >= 0.6 is 0 Å². The molecule has 1 aromatic rings. The third-order valence-corrected chi connectivity index (χ3v) is 5.08. The van der Waals surface area contributed by atoms with E-state index in [0.717, 1.165) is 22.6 Å². The summed E-state index contributed by atoms with van der Waals surface area (Å²) in [5.41, 5.74) is 2.06. The van der Waals surface area contributed by atoms with Crippen LogP contribution in [0.1, 0.15) is 71.9 Å². The normalized spacial score (nSPS) is 16.9. The molecule has 0 aliphatic heterocycles. The average Bonchev–Trinajstić information content (AvgIpc) is 2.48. The number of methoxy groups -OCH3 is 1. The summed E-state index contributed by atoms with van der Waals surface area (Å²) < 4.78 is 11.8. The van der Waals surface area contributed by atoms with Gasteiger partial charge in [0, 0.05) is 23.7 Å². The van der Waals surface area contributed by atoms with E-state index < -0.39 is 6.10 Å². The first kappa shape index (κ1) is 21.0. The zero-order valence-corrected chi connectivity index (χ0v) is 17.6. The monoisotopic (exact) mass is 363 g/mol. The van der Waals surface area contributed by atoms with E-state index in [9.17, 15) is 5.11 Å². The number of rotatable bonds is 7. The lowest BCUT2D eigenvalue weighted by Gasteiger charge is -2.31. The molecule has 1 saturated carbocycles. The van der Waals surface area contributed by atoms with Crippen LogP contribution < -0.4 is 14.8 Å². The van der Waals surface area contributed by atoms with Gasteiger partial charge in [-0.15, -0.1) is 0 Å². The minimum Gasteiger partial charge on any atom is -0.497 e. The van der Waals surface area contributed by atoms with E-state index in [-0.39, 0.29) is 17.4 Å². The van der Waals surface area contributed by atoms with Crippen LogP contribution in [0.3, 0.4) is 0 Å². The molecule has 0 radical (unpaired) electrons. The maximum absolute atomic E-state index is 10.4. The van der Waals surface area contributed by atoms with Crippen LogP contribution in [-0.2, 0) is 10.8 Å². The van der Waals surface area contributed by atoms with E-state index in [4.69, 9.17) is 9.47 Å². The molecule has 4 nitrogen and oxygen atoms in total. The third-order valence-electron chi connectivity index (χ3n) is 5.08. The Morgan fingerprint density at radius 1 is 1.08 bits per heavy atom. The SMILES string of the molecule is COc1cc(C(C)(C)C)c(OCC(O)CNC2CCC2)c(C(C)(C)C)c1. The van der Waals surface area contributed by atoms with Gasteiger partial charge < -0.3 is 19.9 Å². The molecule has 2 N–H and O–H groups in total. The van der Waals surface area contributed by atoms with Crippen molar-refractivity contribution in [3.63, 3.8) is 0 Å². The number of ether oxygens (including phenoxy) is 2. The van der Waals surface area contributed by atoms with Crippen LogP contribution in [0.4, 0.5) is 0 Å². The maximum atomic E-state index is 10.4. The van der Waals surface area contributed by atoms with Crippen molar-refractivity contribution in [2.75, 3.05) is 20.3 Å². The Labute approximate surface area is 159 Å². The predicted molar refractivity (Wildman–Crippen MR) is 108 cm³/mol. The summed E-state index contributed by atoms with van der Waals surface area (Å²) in [5, 5.41) is 13.8. The first-order valence-corrected chi connectivity index (χ1v) is 9.79. The molecule has 0 amide bonds. The number of nitrogens with one attached hydrogen (secondary N) is 1. The van der Waals surface area contributed by atoms with E-state index >= 15 is 0 Å². The van der Waals surface area contributed by atoms with E-state index in [1.54, 1.807) is 7.11 Å². The molecule has 0 aromatic heterocycles. The van der Waals surface area contributed by atoms with Gasteiger partial charge in [0.15, 0.2) is 0 Å². The summed E-state index contributed by atoms with van der Waals surface area (Å²) >= 11 is 0. The molecule has 1 aromatic carbocycles. The molecule has 1 aliphatic carbocycles. The summed E-state index contributed by atoms with van der Waals surface area (Å²) in [6.45, 7) is 13.9. The molecular weight excluding hydrogens is 326 g/mol. The molecule has 0 bridgehead atoms. The standard InChI is InChI=1S/C22H37NO3/c1-21(2,3)18-11-17(25-7)12-19(22(4,5)6)20(18)26-14-16(24)13-23-15-9-8-10-15/h11-12,15-16,23-24H,8-10,13-14H2,1-7H3. The highest BCUT2D eigenvalue weighted by Crippen LogP contribution is 2.42. The van der Waals surface area contributed by atoms with Gasteiger partial charge in [0.2, 0.25) is 0 Å². The summed E-state index contributed by atoms with van der Waals surface area (Å²) in [7, 11) is 1.70. The Bertz CT molecular complexity index is 559. The fourth-order valence-corrected chi connectivity index (χ4v) is 3.14. The Morgan fingerprint density at radius 3 is 2.00 bits per heavy atom. The molecule has 1 fully saturated rings. The Morgan fingerprint density at radius 2 is 1.62 bits per heavy atom. The Kier molecular flexibility index (Phi) is 6.62. The van der Waals surface area contributed by atoms with Crippen molar-refractivity contribution in [1.29, 1.82) is 0 Å². The highest BCUT2D eigenvalue weighted by atomic mass is 16.5. The first-order chi connectivity index (χ1) is 12.0. The zero-order valence-electron chi connectivity index (χ0n) is 17.6. The lowest BCUT2D eigenvalue weighted by atomic mass is 9.79. The largest absolute Gasteiger partial charge is 0.497 e. The minimum absolute atomic E-state index is 0.0843. The molecule has 148 valence electrons. The van der Waals surface area contributed by atoms with Crippen molar-refractivity contribution in [2.45, 2.75) is 83.8 Å². The molecule has 2 rings (SSSR count). The van der Waals surface area contributed by atoms with Gasteiger partial charge >= 0.3 is 0 Å². The topological polar surface area (TPSA) is 50.7 Å². The highest BCUT2D eigenvalue weighted by Gasteiger charge is 2.29. The summed E-state index contributed by atoms with van der Waals surface area (Å²) in [6, 6.07) is 4.69. The van der Waals surface area contributed by atoms with Gasteiger partial charge in [0.05, 0.1) is 7.11 Å². The van der Waals surface area contributed by atoms with E-state index in [2.05, 4.69) is 59.0 Å². The van der Waals surface area contributed by atoms with Crippen molar-refractivity contribution in [1.82, 2.24) is 5.32 Å². The number of aliphatic hydroxyl groups is 1. The Hall–Kier alpha value is -1.26. The number of aliphatic hydroxyl groups excluding tert-OH is 1. The zero-order chi connectivity index (χ0) is 19.5. The van der Waals surface area contributed by atoms with Crippen molar-refractivity contribution in [3.8, 4) is 11.5 Å². The van der Waals surface area contributed by atoms with Crippen molar-refractivity contribution in [2.24, 2.45) is 0 Å². The van der Waals surface area contributed by atoms with Crippen LogP contribution in [0.15, 0.2) is 12.1 Å². The smallest absolute Gasteiger partial charge is 0.127 e. The van der Waals surface area contributed by atoms with Crippen LogP contribution in [0.2, 0.25) is 0 Å². The highest BCUT2D eigenvalue weighted by molar-refractivity contribution is 5.52. The summed E-state index contributed by atoms with van der Waals surface area (Å²) in [5.74, 6) is 1.73. The van der Waals surface area contributed by atoms with Crippen molar-refractivity contribution < 1.29 is 14.6 Å². The first-order valence-electron chi connectivity index (χ1n) is 9.79. The third kappa shape index (κ3) is 5.37. The van der Waals surface area contributed by atoms with Gasteiger partial charge in [-0.2, -0.15) is 0 Å². The van der Waals surface area contributed by atoms with E-state index in [1.165, 1.54) is 19.3 Å². The second-order valence-electron chi connectivity index (χ2n) is 9.55. The van der Waals surface area contributed by atoms with Crippen molar-refractivity contribution in [3.05, 3.63) is 23.3 Å². The van der Waals surface area contributed by atoms with E-state index in [1.807, 2.05) is 0 Å². The number of hydrogen-bond donors (Lipinski definition) is 2. The molecule has 0 spiro atoms. The van der Waals surface area contributed by atoms with Gasteiger partial charge in [-0.05, 0) is 35.8 Å². The molecule has 0 heterocycles. The van der Waals surface area contributed by atoms with Gasteiger partial charge in [-0.3, -0.25) is 0 Å². The molecule has 26 heavy (non-hydrogen) atoms. The molecule has 4 heteroatoms. The fourth-order valence-electron chi connectivity index (χ4n) is 3.14. The lowest BCUT2D eigenvalue weighted by molar-refractivity contribution is 0.0976. The molecule has 1 aliphatic rings. The Balaban J connectivity index is 2.22. The molecule has 0 saturated heterocycles. The van der Waals surface area contributed by atoms with Gasteiger partial charge in [-0.1, -0.05) is 48.0 Å². The number of benzene rings is 1. The molecular formula is C22H37NO3. The van der Waals surface area contributed by atoms with Gasteiger partial charge in [0.25, 0.3) is 0 Å². The van der Waals surface area contributed by atoms with Crippen LogP contribution in [0.5, 0.6) is 11.5 Å². The second-order valence-corrected chi connectivity index (χ2v) is 9.55.